The minimum absolute atomic E-state index is 0.0593. The number of alkyl carbamates (subject to hydrolysis) is 1. The monoisotopic (exact) mass is 560 g/mol. The second-order valence-electron chi connectivity index (χ2n) is 11.7. The van der Waals surface area contributed by atoms with Crippen LogP contribution in [0.5, 0.6) is 0 Å². The van der Waals surface area contributed by atoms with Gasteiger partial charge in [-0.2, -0.15) is 0 Å². The van der Waals surface area contributed by atoms with Gasteiger partial charge in [-0.15, -0.1) is 11.3 Å². The number of carbonyl (C=O) groups excluding carboxylic acids is 2. The highest BCUT2D eigenvalue weighted by Gasteiger charge is 2.43. The highest BCUT2D eigenvalue weighted by molar-refractivity contribution is 7.13. The Morgan fingerprint density at radius 1 is 1.16 bits per heavy atom. The van der Waals surface area contributed by atoms with Crippen LogP contribution in [0, 0.1) is 11.3 Å². The van der Waals surface area contributed by atoms with E-state index in [0.29, 0.717) is 30.5 Å². The Morgan fingerprint density at radius 3 is 2.45 bits per heavy atom. The topological polar surface area (TPSA) is 83.6 Å². The molecule has 9 heteroatoms. The summed E-state index contributed by atoms with van der Waals surface area (Å²) in [5.74, 6) is 0.599. The second kappa shape index (κ2) is 12.7. The molecule has 1 aromatic carbocycles. The zero-order valence-electron chi connectivity index (χ0n) is 22.8. The van der Waals surface area contributed by atoms with Gasteiger partial charge in [0.1, 0.15) is 11.6 Å². The molecule has 2 amide bonds. The molecule has 4 rings (SSSR count). The summed E-state index contributed by atoms with van der Waals surface area (Å²) in [6.07, 6.45) is 9.94. The van der Waals surface area contributed by atoms with Crippen LogP contribution in [0.15, 0.2) is 35.8 Å². The van der Waals surface area contributed by atoms with Crippen molar-refractivity contribution in [1.82, 2.24) is 15.2 Å². The van der Waals surface area contributed by atoms with Gasteiger partial charge in [-0.1, -0.05) is 43.0 Å². The number of nitrogens with one attached hydrogen (secondary N) is 2. The number of nitrogens with zero attached hydrogens (tertiary/aromatic N) is 2. The zero-order valence-corrected chi connectivity index (χ0v) is 24.4. The van der Waals surface area contributed by atoms with Crippen molar-refractivity contribution in [3.05, 3.63) is 46.4 Å². The van der Waals surface area contributed by atoms with E-state index < -0.39 is 17.7 Å². The van der Waals surface area contributed by atoms with Gasteiger partial charge in [-0.3, -0.25) is 4.79 Å². The first-order valence-corrected chi connectivity index (χ1v) is 15.1. The van der Waals surface area contributed by atoms with Crippen molar-refractivity contribution in [2.75, 3.05) is 25.0 Å². The molecule has 38 heavy (non-hydrogen) atoms. The Kier molecular flexibility index (Phi) is 9.58. The first kappa shape index (κ1) is 28.7. The molecule has 1 aliphatic heterocycles. The molecule has 0 unspecified atom stereocenters. The normalized spacial score (nSPS) is 19.0. The molecule has 1 aromatic heterocycles. The van der Waals surface area contributed by atoms with Gasteiger partial charge in [0, 0.05) is 42.7 Å². The van der Waals surface area contributed by atoms with Crippen molar-refractivity contribution < 1.29 is 14.3 Å². The number of amides is 2. The number of anilines is 1. The van der Waals surface area contributed by atoms with Gasteiger partial charge in [0.15, 0.2) is 5.13 Å². The van der Waals surface area contributed by atoms with Crippen LogP contribution < -0.4 is 10.6 Å². The lowest BCUT2D eigenvalue weighted by Crippen LogP contribution is -2.55. The molecule has 1 saturated heterocycles. The first-order valence-electron chi connectivity index (χ1n) is 13.8. The molecule has 2 aliphatic rings. The number of halogens is 1. The SMILES string of the molecule is CC(C)(C)OC(=O)N[C@H](Cc1ccc(Cl)cc1)C(=O)N1CCC(CNc2nccs2)(C2CCCCC2)CC1. The van der Waals surface area contributed by atoms with Gasteiger partial charge < -0.3 is 20.3 Å². The summed E-state index contributed by atoms with van der Waals surface area (Å²) < 4.78 is 5.49. The van der Waals surface area contributed by atoms with Crippen molar-refractivity contribution in [2.45, 2.75) is 83.8 Å². The summed E-state index contributed by atoms with van der Waals surface area (Å²) in [7, 11) is 0. The van der Waals surface area contributed by atoms with Gasteiger partial charge in [0.2, 0.25) is 5.91 Å². The molecule has 0 radical (unpaired) electrons. The molecule has 208 valence electrons. The van der Waals surface area contributed by atoms with E-state index in [1.807, 2.05) is 49.4 Å². The van der Waals surface area contributed by atoms with E-state index in [1.165, 1.54) is 32.1 Å². The molecule has 0 spiro atoms. The lowest BCUT2D eigenvalue weighted by molar-refractivity contribution is -0.136. The number of likely N-dealkylation sites (tertiary alicyclic amines) is 1. The van der Waals surface area contributed by atoms with Crippen LogP contribution in [0.4, 0.5) is 9.93 Å². The summed E-state index contributed by atoms with van der Waals surface area (Å²) >= 11 is 7.70. The van der Waals surface area contributed by atoms with E-state index in [-0.39, 0.29) is 11.3 Å². The third-order valence-corrected chi connectivity index (χ3v) is 8.89. The number of aromatic nitrogens is 1. The lowest BCUT2D eigenvalue weighted by Gasteiger charge is -2.48. The second-order valence-corrected chi connectivity index (χ2v) is 13.1. The number of piperidine rings is 1. The van der Waals surface area contributed by atoms with Gasteiger partial charge >= 0.3 is 6.09 Å². The average Bonchev–Trinajstić information content (AvgIpc) is 3.42. The van der Waals surface area contributed by atoms with Gasteiger partial charge in [0.05, 0.1) is 0 Å². The Balaban J connectivity index is 1.46. The summed E-state index contributed by atoms with van der Waals surface area (Å²) in [5.41, 5.74) is 0.435. The molecule has 0 bridgehead atoms. The molecular weight excluding hydrogens is 520 g/mol. The lowest BCUT2D eigenvalue weighted by atomic mass is 9.63. The molecule has 2 aromatic rings. The minimum Gasteiger partial charge on any atom is -0.444 e. The predicted molar refractivity (Wildman–Crippen MR) is 154 cm³/mol. The minimum atomic E-state index is -0.707. The zero-order chi connectivity index (χ0) is 27.2. The van der Waals surface area contributed by atoms with E-state index in [4.69, 9.17) is 16.3 Å². The quantitative estimate of drug-likeness (QED) is 0.383. The van der Waals surface area contributed by atoms with Crippen LogP contribution in [-0.4, -0.2) is 53.2 Å². The average molecular weight is 561 g/mol. The number of benzene rings is 1. The molecule has 1 saturated carbocycles. The molecule has 1 aliphatic carbocycles. The van der Waals surface area contributed by atoms with Crippen molar-refractivity contribution in [3.63, 3.8) is 0 Å². The maximum absolute atomic E-state index is 13.8. The van der Waals surface area contributed by atoms with Crippen molar-refractivity contribution in [2.24, 2.45) is 11.3 Å². The Labute approximate surface area is 235 Å². The van der Waals surface area contributed by atoms with E-state index in [1.54, 1.807) is 23.5 Å². The van der Waals surface area contributed by atoms with Crippen molar-refractivity contribution in [3.8, 4) is 0 Å². The maximum atomic E-state index is 13.8. The number of rotatable bonds is 8. The largest absolute Gasteiger partial charge is 0.444 e. The summed E-state index contributed by atoms with van der Waals surface area (Å²) in [6.45, 7) is 7.70. The fourth-order valence-corrected chi connectivity index (χ4v) is 6.56. The van der Waals surface area contributed by atoms with Crippen LogP contribution in [0.3, 0.4) is 0 Å². The van der Waals surface area contributed by atoms with E-state index >= 15 is 0 Å². The number of hydrogen-bond acceptors (Lipinski definition) is 6. The van der Waals surface area contributed by atoms with Gasteiger partial charge in [-0.25, -0.2) is 9.78 Å². The summed E-state index contributed by atoms with van der Waals surface area (Å²) in [4.78, 5) is 32.8. The highest BCUT2D eigenvalue weighted by Crippen LogP contribution is 2.46. The molecule has 2 heterocycles. The molecule has 1 atom stereocenters. The Morgan fingerprint density at radius 2 is 1.84 bits per heavy atom. The van der Waals surface area contributed by atoms with Crippen LogP contribution >= 0.6 is 22.9 Å². The Bertz CT molecular complexity index is 1040. The molecule has 2 fully saturated rings. The summed E-state index contributed by atoms with van der Waals surface area (Å²) in [5, 5.41) is 10.1. The van der Waals surface area contributed by atoms with E-state index in [0.717, 1.165) is 30.1 Å². The van der Waals surface area contributed by atoms with Gasteiger partial charge in [-0.05, 0) is 75.5 Å². The third kappa shape index (κ3) is 7.85. The number of hydrogen-bond donors (Lipinski definition) is 2. The van der Waals surface area contributed by atoms with Crippen molar-refractivity contribution in [1.29, 1.82) is 0 Å². The van der Waals surface area contributed by atoms with Crippen LogP contribution in [0.25, 0.3) is 0 Å². The van der Waals surface area contributed by atoms with E-state index in [9.17, 15) is 9.59 Å². The summed E-state index contributed by atoms with van der Waals surface area (Å²) in [6, 6.07) is 6.70. The number of ether oxygens (including phenoxy) is 1. The van der Waals surface area contributed by atoms with Crippen LogP contribution in [0.1, 0.15) is 71.3 Å². The standard InChI is InChI=1S/C29H41ClN4O3S/c1-28(2,3)37-27(36)33-24(19-21-9-11-23(30)12-10-21)25(35)34-16-13-29(14-17-34,22-7-5-4-6-8-22)20-32-26-31-15-18-38-26/h9-12,15,18,22,24H,4-8,13-14,16-17,19-20H2,1-3H3,(H,31,32)(H,33,36)/t24-/m1/s1. The van der Waals surface area contributed by atoms with Crippen LogP contribution in [0.2, 0.25) is 5.02 Å². The van der Waals surface area contributed by atoms with Gasteiger partial charge in [0.25, 0.3) is 0 Å². The van der Waals surface area contributed by atoms with Crippen LogP contribution in [-0.2, 0) is 16.0 Å². The fraction of sp³-hybridized carbons (Fsp3) is 0.621. The van der Waals surface area contributed by atoms with E-state index in [2.05, 4.69) is 15.6 Å². The highest BCUT2D eigenvalue weighted by atomic mass is 35.5. The van der Waals surface area contributed by atoms with Crippen molar-refractivity contribution >= 4 is 40.1 Å². The maximum Gasteiger partial charge on any atom is 0.408 e. The number of thiazole rings is 1. The smallest absolute Gasteiger partial charge is 0.408 e. The first-order chi connectivity index (χ1) is 18.1. The molecule has 7 nitrogen and oxygen atoms in total. The number of carbonyl (C=O) groups is 2. The molecule has 2 N–H and O–H groups in total. The third-order valence-electron chi connectivity index (χ3n) is 7.91. The fourth-order valence-electron chi connectivity index (χ4n) is 5.91. The molecular formula is C29H41ClN4O3S. The predicted octanol–water partition coefficient (Wildman–Crippen LogP) is 6.53. The Hall–Kier alpha value is -2.32.